The van der Waals surface area contributed by atoms with Gasteiger partial charge in [-0.2, -0.15) is 4.31 Å². The molecular weight excluding hydrogens is 475 g/mol. The van der Waals surface area contributed by atoms with E-state index in [1.165, 1.54) is 28.6 Å². The second-order valence-electron chi connectivity index (χ2n) is 7.60. The third-order valence-corrected chi connectivity index (χ3v) is 7.78. The summed E-state index contributed by atoms with van der Waals surface area (Å²) in [6.45, 7) is 3.12. The number of benzene rings is 2. The lowest BCUT2D eigenvalue weighted by molar-refractivity contribution is 0.102. The van der Waals surface area contributed by atoms with Gasteiger partial charge in [0, 0.05) is 23.7 Å². The van der Waals surface area contributed by atoms with Crippen LogP contribution in [0.1, 0.15) is 30.1 Å². The van der Waals surface area contributed by atoms with E-state index in [1.807, 2.05) is 0 Å². The van der Waals surface area contributed by atoms with Crippen LogP contribution in [0.3, 0.4) is 0 Å². The maximum absolute atomic E-state index is 12.8. The molecule has 0 unspecified atom stereocenters. The van der Waals surface area contributed by atoms with Crippen molar-refractivity contribution in [3.05, 3.63) is 58.1 Å². The zero-order valence-corrected chi connectivity index (χ0v) is 19.4. The number of rotatable bonds is 5. The van der Waals surface area contributed by atoms with E-state index >= 15 is 0 Å². The van der Waals surface area contributed by atoms with Crippen LogP contribution in [-0.2, 0) is 10.0 Å². The highest BCUT2D eigenvalue weighted by molar-refractivity contribution is 7.89. The van der Waals surface area contributed by atoms with E-state index in [2.05, 4.69) is 22.4 Å². The Morgan fingerprint density at radius 1 is 1.09 bits per heavy atom. The minimum Gasteiger partial charge on any atom is -0.403 e. The molecule has 1 saturated heterocycles. The van der Waals surface area contributed by atoms with E-state index in [4.69, 9.17) is 27.6 Å². The third kappa shape index (κ3) is 4.80. The number of aromatic nitrogens is 2. The van der Waals surface area contributed by atoms with Crippen molar-refractivity contribution in [1.29, 1.82) is 0 Å². The van der Waals surface area contributed by atoms with Gasteiger partial charge in [-0.25, -0.2) is 8.42 Å². The first-order valence-electron chi connectivity index (χ1n) is 9.94. The van der Waals surface area contributed by atoms with E-state index in [-0.39, 0.29) is 22.4 Å². The average Bonchev–Trinajstić information content (AvgIpc) is 3.24. The Morgan fingerprint density at radius 2 is 1.78 bits per heavy atom. The zero-order chi connectivity index (χ0) is 22.9. The molecule has 1 N–H and O–H groups in total. The fraction of sp³-hybridized carbons (Fsp3) is 0.286. The van der Waals surface area contributed by atoms with Gasteiger partial charge in [0.1, 0.15) is 0 Å². The Bertz CT molecular complexity index is 1240. The van der Waals surface area contributed by atoms with Gasteiger partial charge in [0.05, 0.1) is 15.5 Å². The average molecular weight is 495 g/mol. The summed E-state index contributed by atoms with van der Waals surface area (Å²) in [5.74, 6) is 0.103. The number of nitrogens with one attached hydrogen (secondary N) is 1. The van der Waals surface area contributed by atoms with E-state index in [1.54, 1.807) is 18.2 Å². The second kappa shape index (κ2) is 9.19. The summed E-state index contributed by atoms with van der Waals surface area (Å²) >= 11 is 12.1. The quantitative estimate of drug-likeness (QED) is 0.550. The molecule has 2 heterocycles. The molecule has 1 aliphatic heterocycles. The molecule has 0 spiro atoms. The van der Waals surface area contributed by atoms with Crippen LogP contribution in [0.25, 0.3) is 11.5 Å². The van der Waals surface area contributed by atoms with Gasteiger partial charge in [0.25, 0.3) is 11.8 Å². The van der Waals surface area contributed by atoms with Crippen LogP contribution >= 0.6 is 23.2 Å². The van der Waals surface area contributed by atoms with Crippen molar-refractivity contribution >= 4 is 45.1 Å². The van der Waals surface area contributed by atoms with Crippen LogP contribution < -0.4 is 5.32 Å². The Morgan fingerprint density at radius 3 is 2.47 bits per heavy atom. The van der Waals surface area contributed by atoms with Crippen molar-refractivity contribution in [3.8, 4) is 11.5 Å². The molecule has 0 atom stereocenters. The molecule has 11 heteroatoms. The Kier molecular flexibility index (Phi) is 6.52. The van der Waals surface area contributed by atoms with Crippen molar-refractivity contribution in [2.75, 3.05) is 18.4 Å². The van der Waals surface area contributed by atoms with E-state index in [0.717, 1.165) is 12.8 Å². The van der Waals surface area contributed by atoms with Crippen molar-refractivity contribution < 1.29 is 17.6 Å². The minimum atomic E-state index is -3.58. The Hall–Kier alpha value is -2.46. The van der Waals surface area contributed by atoms with E-state index in [9.17, 15) is 13.2 Å². The van der Waals surface area contributed by atoms with Crippen LogP contribution in [0.15, 0.2) is 51.8 Å². The lowest BCUT2D eigenvalue weighted by atomic mass is 10.0. The van der Waals surface area contributed by atoms with Gasteiger partial charge >= 0.3 is 6.01 Å². The Labute approximate surface area is 195 Å². The standard InChI is InChI=1S/C21H20Cl2N4O4S/c1-13-8-10-27(11-9-13)32(29,30)16-5-2-14(3-6-16)19(28)24-21-26-25-20(31-21)17-12-15(22)4-7-18(17)23/h2-7,12-13H,8-11H2,1H3,(H,24,26,28). The number of anilines is 1. The third-order valence-electron chi connectivity index (χ3n) is 5.30. The van der Waals surface area contributed by atoms with Crippen LogP contribution in [0, 0.1) is 5.92 Å². The molecule has 168 valence electrons. The molecule has 1 fully saturated rings. The maximum Gasteiger partial charge on any atom is 0.322 e. The van der Waals surface area contributed by atoms with Crippen LogP contribution in [-0.4, -0.2) is 41.9 Å². The van der Waals surface area contributed by atoms with Gasteiger partial charge in [-0.05, 0) is 61.2 Å². The molecule has 0 saturated carbocycles. The van der Waals surface area contributed by atoms with E-state index < -0.39 is 15.9 Å². The van der Waals surface area contributed by atoms with Gasteiger partial charge < -0.3 is 4.42 Å². The molecule has 1 aliphatic rings. The van der Waals surface area contributed by atoms with Gasteiger partial charge in [-0.15, -0.1) is 5.10 Å². The number of halogens is 2. The molecule has 8 nitrogen and oxygen atoms in total. The highest BCUT2D eigenvalue weighted by Crippen LogP contribution is 2.30. The fourth-order valence-electron chi connectivity index (χ4n) is 3.37. The van der Waals surface area contributed by atoms with Gasteiger partial charge in [0.15, 0.2) is 0 Å². The van der Waals surface area contributed by atoms with Crippen molar-refractivity contribution in [2.45, 2.75) is 24.7 Å². The topological polar surface area (TPSA) is 105 Å². The first-order valence-corrected chi connectivity index (χ1v) is 12.1. The lowest BCUT2D eigenvalue weighted by Gasteiger charge is -2.29. The normalized spacial score (nSPS) is 15.6. The van der Waals surface area contributed by atoms with Crippen molar-refractivity contribution in [1.82, 2.24) is 14.5 Å². The first kappa shape index (κ1) is 22.7. The van der Waals surface area contributed by atoms with Crippen LogP contribution in [0.2, 0.25) is 10.0 Å². The lowest BCUT2D eigenvalue weighted by Crippen LogP contribution is -2.37. The van der Waals surface area contributed by atoms with E-state index in [0.29, 0.717) is 34.6 Å². The molecule has 4 rings (SSSR count). The molecule has 3 aromatic rings. The fourth-order valence-corrected chi connectivity index (χ4v) is 5.21. The predicted octanol–water partition coefficient (Wildman–Crippen LogP) is 4.72. The molecule has 32 heavy (non-hydrogen) atoms. The number of amides is 1. The number of hydrogen-bond donors (Lipinski definition) is 1. The number of nitrogens with zero attached hydrogens (tertiary/aromatic N) is 3. The second-order valence-corrected chi connectivity index (χ2v) is 10.4. The molecule has 0 radical (unpaired) electrons. The highest BCUT2D eigenvalue weighted by Gasteiger charge is 2.28. The van der Waals surface area contributed by atoms with Crippen LogP contribution in [0.5, 0.6) is 0 Å². The zero-order valence-electron chi connectivity index (χ0n) is 17.1. The molecular formula is C21H20Cl2N4O4S. The molecule has 2 aromatic carbocycles. The summed E-state index contributed by atoms with van der Waals surface area (Å²) in [5, 5.41) is 11.0. The first-order chi connectivity index (χ1) is 15.2. The summed E-state index contributed by atoms with van der Waals surface area (Å²) in [6, 6.07) is 10.4. The Balaban J connectivity index is 1.46. The SMILES string of the molecule is CC1CCN(S(=O)(=O)c2ccc(C(=O)Nc3nnc(-c4cc(Cl)ccc4Cl)o3)cc2)CC1. The summed E-state index contributed by atoms with van der Waals surface area (Å²) in [6.07, 6.45) is 1.68. The number of hydrogen-bond acceptors (Lipinski definition) is 6. The number of piperidine rings is 1. The predicted molar refractivity (Wildman–Crippen MR) is 121 cm³/mol. The smallest absolute Gasteiger partial charge is 0.322 e. The van der Waals surface area contributed by atoms with Crippen LogP contribution in [0.4, 0.5) is 6.01 Å². The number of sulfonamides is 1. The van der Waals surface area contributed by atoms with Gasteiger partial charge in [0.2, 0.25) is 10.0 Å². The van der Waals surface area contributed by atoms with Gasteiger partial charge in [-0.1, -0.05) is 35.2 Å². The minimum absolute atomic E-state index is 0.102. The number of carbonyl (C=O) groups is 1. The molecule has 0 bridgehead atoms. The summed E-state index contributed by atoms with van der Waals surface area (Å²) in [5.41, 5.74) is 0.686. The van der Waals surface area contributed by atoms with Crippen molar-refractivity contribution in [2.24, 2.45) is 5.92 Å². The molecule has 1 aromatic heterocycles. The summed E-state index contributed by atoms with van der Waals surface area (Å²) in [7, 11) is -3.58. The maximum atomic E-state index is 12.8. The monoisotopic (exact) mass is 494 g/mol. The molecule has 0 aliphatic carbocycles. The number of carbonyl (C=O) groups excluding carboxylic acids is 1. The summed E-state index contributed by atoms with van der Waals surface area (Å²) < 4.78 is 32.6. The van der Waals surface area contributed by atoms with Crippen molar-refractivity contribution in [3.63, 3.8) is 0 Å². The van der Waals surface area contributed by atoms with Gasteiger partial charge in [-0.3, -0.25) is 10.1 Å². The molecule has 1 amide bonds. The highest BCUT2D eigenvalue weighted by atomic mass is 35.5. The largest absolute Gasteiger partial charge is 0.403 e. The summed E-state index contributed by atoms with van der Waals surface area (Å²) in [4.78, 5) is 12.7.